The van der Waals surface area contributed by atoms with Crippen molar-refractivity contribution in [3.63, 3.8) is 0 Å². The second-order valence-electron chi connectivity index (χ2n) is 2.32. The Morgan fingerprint density at radius 1 is 1.60 bits per heavy atom. The number of amides is 1. The first kappa shape index (κ1) is 7.07. The number of halogens is 2. The fourth-order valence-corrected chi connectivity index (χ4v) is 3.30. The van der Waals surface area contributed by atoms with Crippen LogP contribution < -0.4 is 0 Å². The van der Waals surface area contributed by atoms with Gasteiger partial charge in [-0.15, -0.1) is 23.4 Å². The Morgan fingerprint density at radius 3 is 2.70 bits per heavy atom. The largest absolute Gasteiger partial charge is 0.311 e. The van der Waals surface area contributed by atoms with Crippen LogP contribution in [0.5, 0.6) is 0 Å². The molecule has 0 radical (unpaired) electrons. The van der Waals surface area contributed by atoms with Gasteiger partial charge in [0.25, 0.3) is 0 Å². The van der Waals surface area contributed by atoms with E-state index in [0.717, 1.165) is 0 Å². The van der Waals surface area contributed by atoms with E-state index in [1.54, 1.807) is 16.7 Å². The number of hydrogen-bond donors (Lipinski definition) is 0. The molecule has 2 saturated heterocycles. The second-order valence-corrected chi connectivity index (χ2v) is 4.82. The molecule has 10 heavy (non-hydrogen) atoms. The molecule has 1 amide bonds. The van der Waals surface area contributed by atoms with Crippen molar-refractivity contribution in [1.29, 1.82) is 0 Å². The van der Waals surface area contributed by atoms with Crippen LogP contribution in [0.25, 0.3) is 0 Å². The normalized spacial score (nSPS) is 45.2. The average molecular weight is 198 g/mol. The maximum atomic E-state index is 10.8. The van der Waals surface area contributed by atoms with E-state index in [1.165, 1.54) is 0 Å². The molecule has 2 aliphatic heterocycles. The lowest BCUT2D eigenvalue weighted by molar-refractivity contribution is -0.141. The topological polar surface area (TPSA) is 20.3 Å². The summed E-state index contributed by atoms with van der Waals surface area (Å²) in [5, 5.41) is 0.262. The fourth-order valence-electron chi connectivity index (χ4n) is 1.15. The number of fused-ring (bicyclic) bond motifs is 1. The Bertz CT molecular complexity index is 188. The molecule has 56 valence electrons. The summed E-state index contributed by atoms with van der Waals surface area (Å²) in [6.07, 6.45) is 0.608. The summed E-state index contributed by atoms with van der Waals surface area (Å²) in [6.45, 7) is 0. The summed E-state index contributed by atoms with van der Waals surface area (Å²) in [5.41, 5.74) is -0.294. The van der Waals surface area contributed by atoms with E-state index < -0.39 is 0 Å². The summed E-state index contributed by atoms with van der Waals surface area (Å²) in [7, 11) is 0. The average Bonchev–Trinajstić information content (AvgIpc) is 2.05. The van der Waals surface area contributed by atoms with Gasteiger partial charge in [-0.05, 0) is 0 Å². The lowest BCUT2D eigenvalue weighted by Gasteiger charge is -2.34. The number of rotatable bonds is 0. The van der Waals surface area contributed by atoms with Crippen molar-refractivity contribution in [3.8, 4) is 0 Å². The van der Waals surface area contributed by atoms with Gasteiger partial charge in [-0.1, -0.05) is 11.6 Å². The highest BCUT2D eigenvalue weighted by atomic mass is 35.5. The monoisotopic (exact) mass is 197 g/mol. The Morgan fingerprint density at radius 2 is 2.30 bits per heavy atom. The van der Waals surface area contributed by atoms with E-state index in [9.17, 15) is 4.79 Å². The van der Waals surface area contributed by atoms with Crippen molar-refractivity contribution in [2.45, 2.75) is 22.0 Å². The number of carbonyl (C=O) groups excluding carboxylic acids is 1. The SMILES string of the molecule is O=C1C[C@H]2SC(Cl)C(Cl)N12. The zero-order valence-electron chi connectivity index (χ0n) is 4.96. The molecule has 0 aromatic carbocycles. The molecule has 2 heterocycles. The third-order valence-corrected chi connectivity index (χ3v) is 4.23. The van der Waals surface area contributed by atoms with Crippen LogP contribution in [0.1, 0.15) is 6.42 Å². The molecule has 3 atom stereocenters. The van der Waals surface area contributed by atoms with E-state index >= 15 is 0 Å². The van der Waals surface area contributed by atoms with Crippen LogP contribution >= 0.6 is 35.0 Å². The first-order valence-electron chi connectivity index (χ1n) is 2.95. The summed E-state index contributed by atoms with van der Waals surface area (Å²) < 4.78 is -0.127. The highest BCUT2D eigenvalue weighted by Crippen LogP contribution is 2.46. The molecule has 2 aliphatic rings. The molecule has 0 aliphatic carbocycles. The zero-order valence-corrected chi connectivity index (χ0v) is 7.29. The van der Waals surface area contributed by atoms with Crippen molar-refractivity contribution in [1.82, 2.24) is 4.90 Å². The second kappa shape index (κ2) is 2.19. The maximum absolute atomic E-state index is 10.8. The molecule has 5 heteroatoms. The molecule has 0 aromatic rings. The van der Waals surface area contributed by atoms with Crippen molar-refractivity contribution in [3.05, 3.63) is 0 Å². The van der Waals surface area contributed by atoms with Crippen LogP contribution in [0, 0.1) is 0 Å². The van der Waals surface area contributed by atoms with Gasteiger partial charge in [0, 0.05) is 0 Å². The Balaban J connectivity index is 2.15. The van der Waals surface area contributed by atoms with E-state index in [4.69, 9.17) is 23.2 Å². The highest BCUT2D eigenvalue weighted by molar-refractivity contribution is 8.02. The minimum Gasteiger partial charge on any atom is -0.311 e. The molecule has 2 nitrogen and oxygen atoms in total. The first-order valence-corrected chi connectivity index (χ1v) is 4.76. The standard InChI is InChI=1S/C5H5Cl2NOS/c6-4-5(7)10-3-1-2(9)8(3)4/h3-5H,1H2/t3-,4?,5?/m1/s1. The third kappa shape index (κ3) is 0.773. The van der Waals surface area contributed by atoms with Gasteiger partial charge in [0.1, 0.15) is 10.2 Å². The van der Waals surface area contributed by atoms with Crippen LogP contribution in [0.4, 0.5) is 0 Å². The summed E-state index contributed by atoms with van der Waals surface area (Å²) in [5.74, 6) is 0.126. The summed E-state index contributed by atoms with van der Waals surface area (Å²) >= 11 is 13.2. The molecule has 0 aromatic heterocycles. The lowest BCUT2D eigenvalue weighted by atomic mass is 10.2. The summed E-state index contributed by atoms with van der Waals surface area (Å²) in [6, 6.07) is 0. The minimum atomic E-state index is -0.294. The smallest absolute Gasteiger partial charge is 0.227 e. The van der Waals surface area contributed by atoms with Gasteiger partial charge < -0.3 is 4.90 Å². The first-order chi connectivity index (χ1) is 4.70. The molecule has 0 spiro atoms. The molecular formula is C5H5Cl2NOS. The Hall–Kier alpha value is 0.400. The van der Waals surface area contributed by atoms with E-state index in [-0.39, 0.29) is 21.5 Å². The number of hydrogen-bond acceptors (Lipinski definition) is 2. The van der Waals surface area contributed by atoms with E-state index in [0.29, 0.717) is 6.42 Å². The Kier molecular flexibility index (Phi) is 1.55. The van der Waals surface area contributed by atoms with Crippen molar-refractivity contribution in [2.24, 2.45) is 0 Å². The number of carbonyl (C=O) groups is 1. The van der Waals surface area contributed by atoms with Gasteiger partial charge in [-0.3, -0.25) is 4.79 Å². The van der Waals surface area contributed by atoms with Gasteiger partial charge in [0.15, 0.2) is 0 Å². The van der Waals surface area contributed by atoms with E-state index in [1.807, 2.05) is 0 Å². The Labute approximate surface area is 72.8 Å². The molecule has 0 N–H and O–H groups in total. The van der Waals surface area contributed by atoms with Gasteiger partial charge in [0.05, 0.1) is 11.8 Å². The highest BCUT2D eigenvalue weighted by Gasteiger charge is 2.50. The summed E-state index contributed by atoms with van der Waals surface area (Å²) in [4.78, 5) is 12.5. The minimum absolute atomic E-state index is 0.126. The van der Waals surface area contributed by atoms with Gasteiger partial charge in [0.2, 0.25) is 5.91 Å². The van der Waals surface area contributed by atoms with Crippen LogP contribution in [-0.4, -0.2) is 26.4 Å². The lowest BCUT2D eigenvalue weighted by Crippen LogP contribution is -2.50. The van der Waals surface area contributed by atoms with Crippen LogP contribution in [0.15, 0.2) is 0 Å². The predicted molar refractivity (Wildman–Crippen MR) is 42.1 cm³/mol. The van der Waals surface area contributed by atoms with Crippen molar-refractivity contribution in [2.75, 3.05) is 0 Å². The van der Waals surface area contributed by atoms with Crippen LogP contribution in [-0.2, 0) is 4.79 Å². The van der Waals surface area contributed by atoms with Gasteiger partial charge in [-0.2, -0.15) is 0 Å². The molecule has 2 rings (SSSR count). The molecule has 0 saturated carbocycles. The van der Waals surface area contributed by atoms with E-state index in [2.05, 4.69) is 0 Å². The number of alkyl halides is 2. The van der Waals surface area contributed by atoms with Crippen LogP contribution in [0.2, 0.25) is 0 Å². The maximum Gasteiger partial charge on any atom is 0.227 e. The van der Waals surface area contributed by atoms with Crippen LogP contribution in [0.3, 0.4) is 0 Å². The fraction of sp³-hybridized carbons (Fsp3) is 0.800. The number of thioether (sulfide) groups is 1. The third-order valence-electron chi connectivity index (χ3n) is 1.72. The number of β-lactam (4-membered cyclic amide) rings is 1. The molecule has 2 fully saturated rings. The van der Waals surface area contributed by atoms with Crippen molar-refractivity contribution >= 4 is 40.9 Å². The van der Waals surface area contributed by atoms with Gasteiger partial charge in [-0.25, -0.2) is 0 Å². The predicted octanol–water partition coefficient (Wildman–Crippen LogP) is 1.42. The van der Waals surface area contributed by atoms with Gasteiger partial charge >= 0.3 is 0 Å². The molecular weight excluding hydrogens is 193 g/mol. The molecule has 2 unspecified atom stereocenters. The quantitative estimate of drug-likeness (QED) is 0.333. The zero-order chi connectivity index (χ0) is 7.30. The van der Waals surface area contributed by atoms with Crippen molar-refractivity contribution < 1.29 is 4.79 Å². The molecule has 0 bridgehead atoms. The number of nitrogens with zero attached hydrogens (tertiary/aromatic N) is 1.